The van der Waals surface area contributed by atoms with Crippen LogP contribution in [0.3, 0.4) is 0 Å². The molecule has 26 heavy (non-hydrogen) atoms. The first kappa shape index (κ1) is 19.9. The maximum absolute atomic E-state index is 12.6. The normalized spacial score (nSPS) is 17.5. The maximum Gasteiger partial charge on any atom is 0.348 e. The maximum atomic E-state index is 12.6. The molecule has 2 heterocycles. The summed E-state index contributed by atoms with van der Waals surface area (Å²) in [4.78, 5) is 44.2. The largest absolute Gasteiger partial charge is 0.348 e. The lowest BCUT2D eigenvalue weighted by Crippen LogP contribution is -2.59. The quantitative estimate of drug-likeness (QED) is 0.813. The molecule has 2 rings (SSSR count). The van der Waals surface area contributed by atoms with Gasteiger partial charge in [-0.05, 0) is 26.3 Å². The molecule has 8 heteroatoms. The number of carbonyl (C=O) groups is 2. The molecule has 1 atom stereocenters. The molecule has 1 saturated heterocycles. The van der Waals surface area contributed by atoms with E-state index in [1.807, 2.05) is 13.0 Å². The summed E-state index contributed by atoms with van der Waals surface area (Å²) in [6.45, 7) is 7.41. The van der Waals surface area contributed by atoms with Crippen LogP contribution in [0.2, 0.25) is 0 Å². The van der Waals surface area contributed by atoms with E-state index >= 15 is 0 Å². The molecule has 0 aliphatic carbocycles. The van der Waals surface area contributed by atoms with Crippen LogP contribution in [0.5, 0.6) is 0 Å². The number of hydrogen-bond acceptors (Lipinski definition) is 4. The molecule has 8 nitrogen and oxygen atoms in total. The second-order valence-electron chi connectivity index (χ2n) is 6.82. The molecule has 0 radical (unpaired) electrons. The molecule has 0 bridgehead atoms. The molecule has 144 valence electrons. The van der Waals surface area contributed by atoms with Gasteiger partial charge in [-0.2, -0.15) is 4.98 Å². The average molecular weight is 363 g/mol. The van der Waals surface area contributed by atoms with Crippen LogP contribution in [0, 0.1) is 13.8 Å². The number of carbonyl (C=O) groups excluding carboxylic acids is 2. The van der Waals surface area contributed by atoms with E-state index in [4.69, 9.17) is 0 Å². The first-order valence-corrected chi connectivity index (χ1v) is 9.19. The van der Waals surface area contributed by atoms with Crippen molar-refractivity contribution in [2.75, 3.05) is 26.7 Å². The Balaban J connectivity index is 1.98. The summed E-state index contributed by atoms with van der Waals surface area (Å²) < 4.78 is 1.54. The first-order valence-electron chi connectivity index (χ1n) is 9.19. The number of aryl methyl sites for hydroxylation is 2. The molecule has 1 fully saturated rings. The van der Waals surface area contributed by atoms with E-state index in [9.17, 15) is 14.4 Å². The molecule has 1 aliphatic rings. The van der Waals surface area contributed by atoms with Crippen molar-refractivity contribution in [1.82, 2.24) is 24.7 Å². The lowest BCUT2D eigenvalue weighted by atomic mass is 10.0. The molecular formula is C18H29N5O3. The van der Waals surface area contributed by atoms with Gasteiger partial charge >= 0.3 is 11.7 Å². The second-order valence-corrected chi connectivity index (χ2v) is 6.82. The van der Waals surface area contributed by atoms with Crippen LogP contribution in [0.4, 0.5) is 4.79 Å². The number of amides is 3. The van der Waals surface area contributed by atoms with E-state index in [-0.39, 0.29) is 17.6 Å². The Morgan fingerprint density at radius 1 is 1.31 bits per heavy atom. The van der Waals surface area contributed by atoms with E-state index < -0.39 is 6.04 Å². The molecular weight excluding hydrogens is 334 g/mol. The van der Waals surface area contributed by atoms with E-state index in [0.717, 1.165) is 18.5 Å². The minimum Gasteiger partial charge on any atom is -0.342 e. The number of likely N-dealkylation sites (N-methyl/N-ethyl adjacent to an activating group) is 1. The van der Waals surface area contributed by atoms with E-state index in [2.05, 4.69) is 17.2 Å². The molecule has 0 aromatic carbocycles. The van der Waals surface area contributed by atoms with Gasteiger partial charge in [0, 0.05) is 44.6 Å². The zero-order valence-electron chi connectivity index (χ0n) is 16.1. The van der Waals surface area contributed by atoms with Crippen molar-refractivity contribution in [2.45, 2.75) is 52.6 Å². The molecule has 0 saturated carbocycles. The van der Waals surface area contributed by atoms with Crippen LogP contribution in [-0.4, -0.2) is 64.0 Å². The van der Waals surface area contributed by atoms with Crippen molar-refractivity contribution < 1.29 is 9.59 Å². The minimum absolute atomic E-state index is 0.00496. The predicted octanol–water partition coefficient (Wildman–Crippen LogP) is 0.903. The Morgan fingerprint density at radius 3 is 2.69 bits per heavy atom. The van der Waals surface area contributed by atoms with E-state index in [1.165, 1.54) is 4.57 Å². The number of unbranched alkanes of at least 4 members (excludes halogenated alkanes) is 1. The van der Waals surface area contributed by atoms with Gasteiger partial charge in [0.05, 0.1) is 0 Å². The van der Waals surface area contributed by atoms with E-state index in [0.29, 0.717) is 38.3 Å². The number of piperazine rings is 1. The predicted molar refractivity (Wildman–Crippen MR) is 99.0 cm³/mol. The Hall–Kier alpha value is -2.38. The lowest BCUT2D eigenvalue weighted by Gasteiger charge is -2.39. The molecule has 1 aliphatic heterocycles. The van der Waals surface area contributed by atoms with Crippen molar-refractivity contribution >= 4 is 11.9 Å². The summed E-state index contributed by atoms with van der Waals surface area (Å²) in [5.74, 6) is -0.00496. The number of hydrogen-bond donors (Lipinski definition) is 1. The molecule has 0 spiro atoms. The fourth-order valence-electron chi connectivity index (χ4n) is 3.25. The second kappa shape index (κ2) is 8.82. The molecule has 0 unspecified atom stereocenters. The molecule has 3 amide bonds. The Bertz CT molecular complexity index is 715. The first-order chi connectivity index (χ1) is 12.3. The van der Waals surface area contributed by atoms with Gasteiger partial charge in [-0.25, -0.2) is 9.59 Å². The van der Waals surface area contributed by atoms with Gasteiger partial charge in [-0.15, -0.1) is 0 Å². The van der Waals surface area contributed by atoms with Crippen molar-refractivity contribution in [3.8, 4) is 0 Å². The van der Waals surface area contributed by atoms with Gasteiger partial charge in [0.25, 0.3) is 0 Å². The fraction of sp³-hybridized carbons (Fsp3) is 0.667. The number of aromatic nitrogens is 2. The smallest absolute Gasteiger partial charge is 0.342 e. The van der Waals surface area contributed by atoms with Crippen LogP contribution in [0.15, 0.2) is 10.9 Å². The van der Waals surface area contributed by atoms with Crippen molar-refractivity contribution in [3.63, 3.8) is 0 Å². The summed E-state index contributed by atoms with van der Waals surface area (Å²) in [6.07, 6.45) is 2.55. The van der Waals surface area contributed by atoms with Gasteiger partial charge in [0.15, 0.2) is 0 Å². The highest BCUT2D eigenvalue weighted by atomic mass is 16.2. The summed E-state index contributed by atoms with van der Waals surface area (Å²) >= 11 is 0. The van der Waals surface area contributed by atoms with Gasteiger partial charge in [-0.1, -0.05) is 19.8 Å². The highest BCUT2D eigenvalue weighted by Crippen LogP contribution is 2.16. The summed E-state index contributed by atoms with van der Waals surface area (Å²) in [5, 5.41) is 2.84. The zero-order chi connectivity index (χ0) is 19.3. The fourth-order valence-corrected chi connectivity index (χ4v) is 3.25. The number of rotatable bonds is 6. The summed E-state index contributed by atoms with van der Waals surface area (Å²) in [5.41, 5.74) is 1.18. The molecule has 1 aromatic heterocycles. The van der Waals surface area contributed by atoms with Crippen molar-refractivity contribution in [2.24, 2.45) is 0 Å². The number of nitrogens with one attached hydrogen (secondary N) is 1. The third-order valence-electron chi connectivity index (χ3n) is 4.76. The van der Waals surface area contributed by atoms with Crippen LogP contribution in [0.1, 0.15) is 37.6 Å². The third kappa shape index (κ3) is 4.62. The topological polar surface area (TPSA) is 87.5 Å². The number of urea groups is 1. The zero-order valence-corrected chi connectivity index (χ0v) is 16.1. The van der Waals surface area contributed by atoms with Gasteiger partial charge in [-0.3, -0.25) is 9.36 Å². The highest BCUT2D eigenvalue weighted by Gasteiger charge is 2.35. The van der Waals surface area contributed by atoms with Crippen LogP contribution in [-0.2, 0) is 11.3 Å². The van der Waals surface area contributed by atoms with E-state index in [1.54, 1.807) is 23.8 Å². The van der Waals surface area contributed by atoms with Crippen LogP contribution < -0.4 is 11.0 Å². The van der Waals surface area contributed by atoms with Gasteiger partial charge in [0.1, 0.15) is 6.04 Å². The van der Waals surface area contributed by atoms with Crippen LogP contribution in [0.25, 0.3) is 0 Å². The summed E-state index contributed by atoms with van der Waals surface area (Å²) in [7, 11) is 1.77. The molecule has 1 aromatic rings. The van der Waals surface area contributed by atoms with Gasteiger partial charge < -0.3 is 15.1 Å². The Kier molecular flexibility index (Phi) is 6.76. The molecule has 1 N–H and O–H groups in total. The average Bonchev–Trinajstić information content (AvgIpc) is 2.58. The monoisotopic (exact) mass is 363 g/mol. The lowest BCUT2D eigenvalue weighted by molar-refractivity contribution is -0.138. The standard InChI is InChI=1S/C18H29N5O3/c1-5-6-7-15-16(24)21(4)10-11-23(15)17(25)19-8-9-22-14(3)12-13(2)20-18(22)26/h12,15H,5-11H2,1-4H3,(H,19,25)/t15-/m0/s1. The van der Waals surface area contributed by atoms with Crippen LogP contribution >= 0.6 is 0 Å². The Labute approximate surface area is 154 Å². The van der Waals surface area contributed by atoms with Crippen molar-refractivity contribution in [1.29, 1.82) is 0 Å². The number of nitrogens with zero attached hydrogens (tertiary/aromatic N) is 4. The SMILES string of the molecule is CCCC[C@H]1C(=O)N(C)CCN1C(=O)NCCn1c(C)cc(C)nc1=O. The highest BCUT2D eigenvalue weighted by molar-refractivity contribution is 5.88. The summed E-state index contributed by atoms with van der Waals surface area (Å²) in [6, 6.07) is 1.18. The Morgan fingerprint density at radius 2 is 2.04 bits per heavy atom. The minimum atomic E-state index is -0.404. The third-order valence-corrected chi connectivity index (χ3v) is 4.76. The van der Waals surface area contributed by atoms with Crippen molar-refractivity contribution in [3.05, 3.63) is 27.9 Å². The van der Waals surface area contributed by atoms with Gasteiger partial charge in [0.2, 0.25) is 5.91 Å².